The molecule has 0 fully saturated rings. The van der Waals surface area contributed by atoms with Crippen molar-refractivity contribution in [3.63, 3.8) is 0 Å². The number of thioether (sulfide) groups is 1. The molecule has 1 unspecified atom stereocenters. The Morgan fingerprint density at radius 3 is 2.67 bits per heavy atom. The number of aromatic nitrogens is 2. The average Bonchev–Trinajstić information content (AvgIpc) is 2.18. The molecule has 0 aliphatic carbocycles. The van der Waals surface area contributed by atoms with Gasteiger partial charge in [0.1, 0.15) is 5.03 Å². The van der Waals surface area contributed by atoms with E-state index in [1.54, 1.807) is 0 Å². The minimum atomic E-state index is -0.955. The van der Waals surface area contributed by atoms with Crippen molar-refractivity contribution in [3.05, 3.63) is 17.8 Å². The Morgan fingerprint density at radius 1 is 1.47 bits per heavy atom. The molecule has 4 nitrogen and oxygen atoms in total. The first-order valence-electron chi connectivity index (χ1n) is 4.74. The number of aromatic carboxylic acids is 1. The molecule has 0 amide bonds. The topological polar surface area (TPSA) is 63.1 Å². The van der Waals surface area contributed by atoms with Gasteiger partial charge in [-0.2, -0.15) is 5.10 Å². The third kappa shape index (κ3) is 3.20. The highest BCUT2D eigenvalue weighted by Gasteiger charge is 2.16. The fourth-order valence-corrected chi connectivity index (χ4v) is 1.88. The molecule has 0 aliphatic rings. The first kappa shape index (κ1) is 12.0. The van der Waals surface area contributed by atoms with Crippen LogP contribution < -0.4 is 0 Å². The third-order valence-corrected chi connectivity index (χ3v) is 3.59. The van der Waals surface area contributed by atoms with Gasteiger partial charge in [0.2, 0.25) is 0 Å². The Bertz CT molecular complexity index is 355. The first-order valence-corrected chi connectivity index (χ1v) is 5.62. The summed E-state index contributed by atoms with van der Waals surface area (Å²) < 4.78 is 0. The molecule has 15 heavy (non-hydrogen) atoms. The van der Waals surface area contributed by atoms with Crippen LogP contribution in [0.4, 0.5) is 0 Å². The lowest BCUT2D eigenvalue weighted by Gasteiger charge is -2.14. The second-order valence-corrected chi connectivity index (χ2v) is 4.99. The van der Waals surface area contributed by atoms with Crippen LogP contribution in [0.1, 0.15) is 31.1 Å². The van der Waals surface area contributed by atoms with Gasteiger partial charge in [0.25, 0.3) is 0 Å². The fourth-order valence-electron chi connectivity index (χ4n) is 0.881. The predicted octanol–water partition coefficient (Wildman–Crippen LogP) is 2.31. The van der Waals surface area contributed by atoms with E-state index in [0.717, 1.165) is 0 Å². The zero-order valence-electron chi connectivity index (χ0n) is 8.97. The average molecular weight is 226 g/mol. The molecule has 0 bridgehead atoms. The van der Waals surface area contributed by atoms with Crippen LogP contribution in [0.2, 0.25) is 0 Å². The van der Waals surface area contributed by atoms with Gasteiger partial charge in [0.05, 0.1) is 11.8 Å². The van der Waals surface area contributed by atoms with E-state index in [2.05, 4.69) is 31.0 Å². The molecule has 0 saturated heterocycles. The molecule has 1 N–H and O–H groups in total. The van der Waals surface area contributed by atoms with Crippen LogP contribution in [0, 0.1) is 5.92 Å². The monoisotopic (exact) mass is 226 g/mol. The van der Waals surface area contributed by atoms with Gasteiger partial charge in [-0.1, -0.05) is 20.8 Å². The number of carboxylic acids is 1. The standard InChI is InChI=1S/C10H14N2O2S/c1-6(2)7(3)15-9-8(10(13)14)4-5-11-12-9/h4-7H,1-3H3,(H,13,14). The molecule has 0 radical (unpaired) electrons. The molecule has 1 aromatic heterocycles. The highest BCUT2D eigenvalue weighted by atomic mass is 32.2. The van der Waals surface area contributed by atoms with Gasteiger partial charge in [-0.25, -0.2) is 4.79 Å². The van der Waals surface area contributed by atoms with Gasteiger partial charge in [-0.15, -0.1) is 16.9 Å². The lowest BCUT2D eigenvalue weighted by atomic mass is 10.2. The van der Waals surface area contributed by atoms with Gasteiger partial charge < -0.3 is 5.11 Å². The number of rotatable bonds is 4. The molecular formula is C10H14N2O2S. The van der Waals surface area contributed by atoms with Crippen molar-refractivity contribution in [3.8, 4) is 0 Å². The Labute approximate surface area is 93.1 Å². The van der Waals surface area contributed by atoms with Gasteiger partial charge in [-0.3, -0.25) is 0 Å². The van der Waals surface area contributed by atoms with Crippen molar-refractivity contribution in [2.24, 2.45) is 5.92 Å². The second-order valence-electron chi connectivity index (χ2n) is 3.62. The van der Waals surface area contributed by atoms with E-state index in [1.165, 1.54) is 24.0 Å². The van der Waals surface area contributed by atoms with Crippen molar-refractivity contribution in [1.29, 1.82) is 0 Å². The van der Waals surface area contributed by atoms with Crippen LogP contribution in [-0.4, -0.2) is 26.5 Å². The maximum Gasteiger partial charge on any atom is 0.338 e. The Hall–Kier alpha value is -1.10. The van der Waals surface area contributed by atoms with E-state index >= 15 is 0 Å². The summed E-state index contributed by atoms with van der Waals surface area (Å²) in [5.74, 6) is -0.484. The van der Waals surface area contributed by atoms with Crippen molar-refractivity contribution < 1.29 is 9.90 Å². The summed E-state index contributed by atoms with van der Waals surface area (Å²) in [4.78, 5) is 10.9. The molecule has 0 aromatic carbocycles. The van der Waals surface area contributed by atoms with Crippen molar-refractivity contribution in [2.75, 3.05) is 0 Å². The van der Waals surface area contributed by atoms with Gasteiger partial charge in [0.15, 0.2) is 0 Å². The highest BCUT2D eigenvalue weighted by Crippen LogP contribution is 2.28. The van der Waals surface area contributed by atoms with Crippen LogP contribution in [-0.2, 0) is 0 Å². The van der Waals surface area contributed by atoms with E-state index in [0.29, 0.717) is 16.2 Å². The second kappa shape index (κ2) is 5.11. The molecule has 1 heterocycles. The SMILES string of the molecule is CC(C)C(C)Sc1nnccc1C(=O)O. The van der Waals surface area contributed by atoms with Gasteiger partial charge in [-0.05, 0) is 12.0 Å². The number of hydrogen-bond donors (Lipinski definition) is 1. The number of hydrogen-bond acceptors (Lipinski definition) is 4. The molecule has 1 rings (SSSR count). The smallest absolute Gasteiger partial charge is 0.338 e. The van der Waals surface area contributed by atoms with Gasteiger partial charge >= 0.3 is 5.97 Å². The summed E-state index contributed by atoms with van der Waals surface area (Å²) in [7, 11) is 0. The fraction of sp³-hybridized carbons (Fsp3) is 0.500. The number of carbonyl (C=O) groups is 1. The lowest BCUT2D eigenvalue weighted by molar-refractivity contribution is 0.0692. The summed E-state index contributed by atoms with van der Waals surface area (Å²) in [5, 5.41) is 17.3. The van der Waals surface area contributed by atoms with Crippen LogP contribution in [0.3, 0.4) is 0 Å². The van der Waals surface area contributed by atoms with Gasteiger partial charge in [0, 0.05) is 5.25 Å². The lowest BCUT2D eigenvalue weighted by Crippen LogP contribution is -2.09. The van der Waals surface area contributed by atoms with Crippen LogP contribution in [0.25, 0.3) is 0 Å². The van der Waals surface area contributed by atoms with Crippen LogP contribution in [0.5, 0.6) is 0 Å². The van der Waals surface area contributed by atoms with E-state index in [4.69, 9.17) is 5.11 Å². The Balaban J connectivity index is 2.89. The van der Waals surface area contributed by atoms with Crippen molar-refractivity contribution >= 4 is 17.7 Å². The molecule has 0 spiro atoms. The molecule has 1 atom stereocenters. The van der Waals surface area contributed by atoms with E-state index in [-0.39, 0.29) is 5.56 Å². The summed E-state index contributed by atoms with van der Waals surface area (Å²) in [6.07, 6.45) is 1.40. The molecule has 82 valence electrons. The summed E-state index contributed by atoms with van der Waals surface area (Å²) in [6, 6.07) is 1.48. The summed E-state index contributed by atoms with van der Waals surface area (Å²) in [5.41, 5.74) is 0.225. The van der Waals surface area contributed by atoms with Crippen LogP contribution >= 0.6 is 11.8 Å². The van der Waals surface area contributed by atoms with Crippen molar-refractivity contribution in [1.82, 2.24) is 10.2 Å². The zero-order valence-corrected chi connectivity index (χ0v) is 9.78. The van der Waals surface area contributed by atoms with E-state index in [9.17, 15) is 4.79 Å². The molecule has 0 saturated carbocycles. The molecular weight excluding hydrogens is 212 g/mol. The Morgan fingerprint density at radius 2 is 2.13 bits per heavy atom. The number of nitrogens with zero attached hydrogens (tertiary/aromatic N) is 2. The Kier molecular flexibility index (Phi) is 4.08. The maximum atomic E-state index is 10.9. The molecule has 0 aliphatic heterocycles. The first-order chi connectivity index (χ1) is 7.02. The van der Waals surface area contributed by atoms with Crippen LogP contribution in [0.15, 0.2) is 17.3 Å². The minimum absolute atomic E-state index is 0.225. The predicted molar refractivity (Wildman–Crippen MR) is 59.1 cm³/mol. The quantitative estimate of drug-likeness (QED) is 0.798. The zero-order chi connectivity index (χ0) is 11.4. The third-order valence-electron chi connectivity index (χ3n) is 2.15. The summed E-state index contributed by atoms with van der Waals surface area (Å²) in [6.45, 7) is 6.23. The molecule has 1 aromatic rings. The van der Waals surface area contributed by atoms with E-state index in [1.807, 2.05) is 0 Å². The summed E-state index contributed by atoms with van der Waals surface area (Å²) >= 11 is 1.45. The largest absolute Gasteiger partial charge is 0.478 e. The highest BCUT2D eigenvalue weighted by molar-refractivity contribution is 7.99. The normalized spacial score (nSPS) is 12.8. The minimum Gasteiger partial charge on any atom is -0.478 e. The van der Waals surface area contributed by atoms with Crippen molar-refractivity contribution in [2.45, 2.75) is 31.0 Å². The van der Waals surface area contributed by atoms with E-state index < -0.39 is 5.97 Å². The number of carboxylic acid groups (broad SMARTS) is 1. The maximum absolute atomic E-state index is 10.9. The molecule has 5 heteroatoms.